The van der Waals surface area contributed by atoms with Crippen molar-refractivity contribution in [2.45, 2.75) is 211 Å². The standard InChI is InChI=1S/C27H32N6O.C21H25F2N5O2.C21H27N5O2.C20H28N6O.C20H25N5O.2H2S/c1-27(2)23-17-28-25(29-21-12-8-5-9-13-21)30-24(23)19-33(27)26(34)32-15-14-31(3)18-22(32)16-20-10-6-4-7-11-20;1-20(2)15-10-24-18(25-14-8-21(22,23)9-14)26-16(15)11-28(20)19(30)27-17(12-29)13-6-4-3-5-7-13;1-21(2)16-11-23-19(22-10-14-8-9-14)24-17(16)12-26(21)20(28)25-18(13-27)15-6-4-3-5-7-15;1-14(12-25(4)5)22-19(27)26-13-17-16(20(26,2)3)11-21-18(24-17)23-15-9-7-6-8-10-15;1-20(2)16-10-21-19(22-15-7-5-4-6-8-15)23-17(16)13-25(20)18(26)9-14-11-24(3)12-14;;/h4-13,17,22H,14-16,18-19H2,1-3H3,(H,28,29,30);3-7,10,14,17,29H,8-9,11-12H2,1-2H3,(H,27,30)(H,24,25,26);3-7,11,14,18,27H,8-10,12-13H2,1-2H3,(H,25,28)(H,22,23,24);6-11,14H,12-13H2,1-5H3,(H,22,27)(H,21,23,24);4-8,10,14H,9,11-13H2,1-3H3,(H,21,22,23);2*1H2/t;17-;18-;;;;/m.11..../s1. The van der Waals surface area contributed by atoms with Gasteiger partial charge in [0.15, 0.2) is 0 Å². The fraction of sp³-hybridized carbons (Fsp3) is 0.440. The lowest BCUT2D eigenvalue weighted by Crippen LogP contribution is -2.59. The number of halogens is 2. The molecule has 7 aliphatic heterocycles. The Balaban J connectivity index is 0.000000145. The van der Waals surface area contributed by atoms with Crippen LogP contribution in [0.2, 0.25) is 0 Å². The third-order valence-electron chi connectivity index (χ3n) is 28.8. The lowest BCUT2D eigenvalue weighted by Gasteiger charge is -2.44. The number of hydrogen-bond donors (Lipinski definition) is 10. The van der Waals surface area contributed by atoms with Crippen molar-refractivity contribution in [3.63, 3.8) is 0 Å². The minimum atomic E-state index is -2.62. The predicted octanol–water partition coefficient (Wildman–Crippen LogP) is 16.1. The van der Waals surface area contributed by atoms with Crippen LogP contribution in [0.1, 0.15) is 193 Å². The number of alkyl halides is 2. The minimum absolute atomic E-state index is 0. The maximum Gasteiger partial charge on any atom is 0.321 e. The number of amides is 9. The predicted molar refractivity (Wildman–Crippen MR) is 576 cm³/mol. The summed E-state index contributed by atoms with van der Waals surface area (Å²) in [7, 11) is 8.21. The Kier molecular flexibility index (Phi) is 34.8. The molecule has 4 fully saturated rings. The number of aromatic nitrogens is 10. The summed E-state index contributed by atoms with van der Waals surface area (Å²) < 4.78 is 26.1. The molecule has 4 atom stereocenters. The van der Waals surface area contributed by atoms with Gasteiger partial charge in [-0.1, -0.05) is 146 Å². The van der Waals surface area contributed by atoms with E-state index < -0.39 is 40.2 Å². The van der Waals surface area contributed by atoms with Gasteiger partial charge in [0.05, 0.1) is 120 Å². The van der Waals surface area contributed by atoms with E-state index in [0.717, 1.165) is 137 Å². The van der Waals surface area contributed by atoms with Crippen LogP contribution in [-0.4, -0.2) is 245 Å². The highest BCUT2D eigenvalue weighted by Crippen LogP contribution is 2.46. The molecule has 34 nitrogen and oxygen atoms in total. The van der Waals surface area contributed by atoms with E-state index in [1.165, 1.54) is 18.4 Å². The molecule has 12 heterocycles. The average Bonchev–Trinajstić information content (AvgIpc) is 1.55. The first-order valence-electron chi connectivity index (χ1n) is 50.0. The topological polar surface area (TPSA) is 380 Å². The van der Waals surface area contributed by atoms with Crippen molar-refractivity contribution < 1.29 is 43.0 Å². The number of urea groups is 4. The molecule has 0 radical (unpaired) electrons. The zero-order chi connectivity index (χ0) is 103. The van der Waals surface area contributed by atoms with Crippen LogP contribution in [-0.2, 0) is 71.6 Å². The normalized spacial score (nSPS) is 18.5. The number of likely N-dealkylation sites (tertiary alicyclic amines) is 1. The number of nitrogens with one attached hydrogen (secondary N) is 8. The molecule has 0 spiro atoms. The van der Waals surface area contributed by atoms with Gasteiger partial charge in [0, 0.05) is 153 Å². The molecule has 2 unspecified atom stereocenters. The van der Waals surface area contributed by atoms with E-state index in [1.807, 2.05) is 260 Å². The largest absolute Gasteiger partial charge is 0.394 e. The summed E-state index contributed by atoms with van der Waals surface area (Å²) in [6, 6.07) is 57.1. The van der Waals surface area contributed by atoms with Crippen LogP contribution < -0.4 is 42.5 Å². The number of fused-ring (bicyclic) bond motifs is 5. The second-order valence-electron chi connectivity index (χ2n) is 42.0. The van der Waals surface area contributed by atoms with Crippen molar-refractivity contribution in [2.75, 3.05) is 114 Å². The van der Waals surface area contributed by atoms with Crippen LogP contribution in [0.3, 0.4) is 0 Å². The maximum atomic E-state index is 13.9. The number of carbonyl (C=O) groups excluding carboxylic acids is 5. The van der Waals surface area contributed by atoms with Crippen molar-refractivity contribution in [3.05, 3.63) is 286 Å². The zero-order valence-corrected chi connectivity index (χ0v) is 88.6. The van der Waals surface area contributed by atoms with Crippen LogP contribution in [0.5, 0.6) is 0 Å². The molecule has 20 rings (SSSR count). The first-order chi connectivity index (χ1) is 69.3. The van der Waals surface area contributed by atoms with E-state index in [4.69, 9.17) is 4.98 Å². The second-order valence-corrected chi connectivity index (χ2v) is 42.0. The molecule has 6 aromatic carbocycles. The Morgan fingerprint density at radius 1 is 0.429 bits per heavy atom. The van der Waals surface area contributed by atoms with Crippen molar-refractivity contribution in [1.29, 1.82) is 0 Å². The van der Waals surface area contributed by atoms with Crippen LogP contribution in [0.25, 0.3) is 0 Å². The Bertz CT molecular complexity index is 6320. The summed E-state index contributed by atoms with van der Waals surface area (Å²) in [6.07, 6.45) is 12.6. The first kappa shape index (κ1) is 109. The van der Waals surface area contributed by atoms with E-state index in [9.17, 15) is 43.0 Å². The van der Waals surface area contributed by atoms with Crippen molar-refractivity contribution >= 4 is 104 Å². The van der Waals surface area contributed by atoms with Gasteiger partial charge in [-0.15, -0.1) is 0 Å². The molecule has 9 amide bonds. The van der Waals surface area contributed by atoms with Crippen LogP contribution in [0.4, 0.5) is 74.8 Å². The summed E-state index contributed by atoms with van der Waals surface area (Å²) in [4.78, 5) is 129. The number of piperazine rings is 1. The van der Waals surface area contributed by atoms with Gasteiger partial charge in [-0.25, -0.2) is 77.8 Å². The monoisotopic (exact) mass is 2040 g/mol. The van der Waals surface area contributed by atoms with Gasteiger partial charge >= 0.3 is 24.1 Å². The maximum absolute atomic E-state index is 13.9. The SMILES string of the molecule is CC(CN(C)C)NC(=O)N1Cc2nc(Nc3ccccc3)ncc2C1(C)C.CC1(C)c2cnc(NC3CC(F)(F)C3)nc2CN1C(=O)N[C@H](CO)c1ccccc1.CC1(C)c2cnc(NCC3CC3)nc2CN1C(=O)N[C@H](CO)c1ccccc1.CN1CC(CC(=O)N2Cc3nc(Nc4ccccc4)ncc3C2(C)C)C1.CN1CCN(C(=O)N2Cc3nc(Nc4ccccc4)ncc3C2(C)C)C(Cc2ccccc2)C1.S.S. The van der Waals surface area contributed by atoms with Gasteiger partial charge in [0.1, 0.15) is 0 Å². The Hall–Kier alpha value is -13.4. The van der Waals surface area contributed by atoms with E-state index in [2.05, 4.69) is 173 Å². The van der Waals surface area contributed by atoms with E-state index in [-0.39, 0.29) is 113 Å². The third kappa shape index (κ3) is 26.1. The smallest absolute Gasteiger partial charge is 0.321 e. The first-order valence-corrected chi connectivity index (χ1v) is 50.0. The number of anilines is 8. The molecule has 2 saturated heterocycles. The quantitative estimate of drug-likeness (QED) is 0.0269. The molecule has 5 aromatic heterocycles. The van der Waals surface area contributed by atoms with Gasteiger partial charge < -0.3 is 96.8 Å². The Morgan fingerprint density at radius 2 is 0.776 bits per heavy atom. The van der Waals surface area contributed by atoms with Gasteiger partial charge in [-0.3, -0.25) is 4.79 Å². The van der Waals surface area contributed by atoms with E-state index in [0.29, 0.717) is 74.0 Å². The number of hydrogen-bond acceptors (Lipinski definition) is 25. The summed E-state index contributed by atoms with van der Waals surface area (Å²) in [5, 5.41) is 44.4. The molecular formula is C109H141F2N27O7S2. The molecular weight excluding hydrogens is 1900 g/mol. The Morgan fingerprint density at radius 3 is 1.16 bits per heavy atom. The highest BCUT2D eigenvalue weighted by molar-refractivity contribution is 7.59. The molecule has 147 heavy (non-hydrogen) atoms. The summed E-state index contributed by atoms with van der Waals surface area (Å²) in [5.74, 6) is 1.40. The van der Waals surface area contributed by atoms with Gasteiger partial charge in [0.2, 0.25) is 35.6 Å². The fourth-order valence-corrected chi connectivity index (χ4v) is 20.2. The number of para-hydroxylation sites is 3. The van der Waals surface area contributed by atoms with Crippen molar-refractivity contribution in [1.82, 2.24) is 110 Å². The summed E-state index contributed by atoms with van der Waals surface area (Å²) in [5.41, 5.74) is 12.3. The molecule has 9 aliphatic rings. The lowest BCUT2D eigenvalue weighted by atomic mass is 9.88. The summed E-state index contributed by atoms with van der Waals surface area (Å²) in [6.45, 7) is 30.2. The highest BCUT2D eigenvalue weighted by Gasteiger charge is 2.51. The Labute approximate surface area is 874 Å². The van der Waals surface area contributed by atoms with Gasteiger partial charge in [0.25, 0.3) is 5.92 Å². The van der Waals surface area contributed by atoms with Crippen LogP contribution in [0.15, 0.2) is 213 Å². The fourth-order valence-electron chi connectivity index (χ4n) is 20.2. The van der Waals surface area contributed by atoms with Crippen molar-refractivity contribution in [2.24, 2.45) is 11.8 Å². The number of carbonyl (C=O) groups is 5. The van der Waals surface area contributed by atoms with Crippen LogP contribution in [0, 0.1) is 11.8 Å². The molecule has 2 aliphatic carbocycles. The molecule has 0 bridgehead atoms. The lowest BCUT2D eigenvalue weighted by molar-refractivity contribution is -0.138. The van der Waals surface area contributed by atoms with Crippen molar-refractivity contribution in [3.8, 4) is 0 Å². The minimum Gasteiger partial charge on any atom is -0.394 e. The average molecular weight is 2040 g/mol. The van der Waals surface area contributed by atoms with Gasteiger partial charge in [-0.05, 0) is 189 Å². The molecule has 38 heteroatoms. The molecule has 10 N–H and O–H groups in total. The summed E-state index contributed by atoms with van der Waals surface area (Å²) >= 11 is 0. The highest BCUT2D eigenvalue weighted by atomic mass is 32.1. The molecule has 11 aromatic rings. The molecule has 2 saturated carbocycles. The number of rotatable bonds is 24. The zero-order valence-electron chi connectivity index (χ0n) is 86.6. The van der Waals surface area contributed by atoms with E-state index >= 15 is 0 Å². The van der Waals surface area contributed by atoms with Gasteiger partial charge in [-0.2, -0.15) is 27.0 Å². The third-order valence-corrected chi connectivity index (χ3v) is 28.8. The van der Waals surface area contributed by atoms with Crippen LogP contribution >= 0.6 is 27.0 Å². The number of likely N-dealkylation sites (N-methyl/N-ethyl adjacent to an activating group) is 2. The molecule has 780 valence electrons. The van der Waals surface area contributed by atoms with E-state index in [1.54, 1.807) is 16.0 Å². The number of aliphatic hydroxyl groups excluding tert-OH is 2. The number of aliphatic hydroxyl groups is 2. The second kappa shape index (κ2) is 46.8. The number of nitrogens with zero attached hydrogens (tertiary/aromatic N) is 19. The number of benzene rings is 6.